The third kappa shape index (κ3) is 3.87. The van der Waals surface area contributed by atoms with Crippen LogP contribution in [-0.2, 0) is 0 Å². The van der Waals surface area contributed by atoms with Crippen molar-refractivity contribution < 1.29 is 38.7 Å². The number of carboxylic acid groups (broad SMARTS) is 3. The van der Waals surface area contributed by atoms with Crippen molar-refractivity contribution in [1.29, 1.82) is 0 Å². The predicted octanol–water partition coefficient (Wildman–Crippen LogP) is 3.59. The maximum atomic E-state index is 11.5. The van der Waals surface area contributed by atoms with Crippen LogP contribution >= 0.6 is 22.9 Å². The first kappa shape index (κ1) is 22.5. The second-order valence-corrected chi connectivity index (χ2v) is 8.65. The van der Waals surface area contributed by atoms with E-state index < -0.39 is 17.9 Å². The van der Waals surface area contributed by atoms with Crippen LogP contribution in [0.25, 0.3) is 33.4 Å². The minimum Gasteiger partial charge on any atom is -0.478 e. The summed E-state index contributed by atoms with van der Waals surface area (Å²) in [6.07, 6.45) is 1.52. The molecule has 2 aromatic carbocycles. The Balaban J connectivity index is 1.82. The van der Waals surface area contributed by atoms with Gasteiger partial charge >= 0.3 is 28.9 Å². The Hall–Kier alpha value is -4.32. The second kappa shape index (κ2) is 8.47. The van der Waals surface area contributed by atoms with E-state index in [0.717, 1.165) is 33.4 Å². The van der Waals surface area contributed by atoms with E-state index in [4.69, 9.17) is 0 Å². The molecule has 0 saturated heterocycles. The third-order valence-corrected chi connectivity index (χ3v) is 6.61. The number of aromatic nitrogens is 3. The Kier molecular flexibility index (Phi) is 5.44. The number of benzene rings is 2. The fourth-order valence-corrected chi connectivity index (χ4v) is 4.78. The maximum absolute atomic E-state index is 11.5. The van der Waals surface area contributed by atoms with Gasteiger partial charge in [-0.15, -0.1) is 0 Å². The molecule has 3 N–H and O–H groups in total. The number of fused-ring (bicyclic) bond motifs is 3. The molecule has 0 unspecified atom stereocenters. The van der Waals surface area contributed by atoms with Crippen molar-refractivity contribution in [1.82, 2.24) is 3.01 Å². The highest BCUT2D eigenvalue weighted by atomic mass is 127. The van der Waals surface area contributed by atoms with E-state index in [0.29, 0.717) is 0 Å². The summed E-state index contributed by atoms with van der Waals surface area (Å²) >= 11 is 2.07. The van der Waals surface area contributed by atoms with Gasteiger partial charge in [-0.1, -0.05) is 12.1 Å². The molecular formula is C25H16IN3O6+2. The predicted molar refractivity (Wildman–Crippen MR) is 132 cm³/mol. The molecule has 0 amide bonds. The number of hydrogen-bond acceptors (Lipinski definition) is 3. The van der Waals surface area contributed by atoms with Gasteiger partial charge in [-0.2, -0.15) is 0 Å². The van der Waals surface area contributed by atoms with E-state index in [2.05, 4.69) is 22.9 Å². The lowest BCUT2D eigenvalue weighted by Gasteiger charge is -2.04. The second-order valence-electron chi connectivity index (χ2n) is 7.78. The van der Waals surface area contributed by atoms with E-state index in [1.165, 1.54) is 36.5 Å². The van der Waals surface area contributed by atoms with Gasteiger partial charge in [0.1, 0.15) is 8.57 Å². The monoisotopic (exact) mass is 581 g/mol. The molecule has 0 aliphatic carbocycles. The molecule has 0 spiro atoms. The zero-order valence-electron chi connectivity index (χ0n) is 17.8. The van der Waals surface area contributed by atoms with Crippen LogP contribution in [0.5, 0.6) is 0 Å². The van der Waals surface area contributed by atoms with Gasteiger partial charge in [0.15, 0.2) is 0 Å². The Morgan fingerprint density at radius 3 is 1.69 bits per heavy atom. The standard InChI is InChI=1S/C25H14IN3O6/c26-29-27-13-18(25(34)35)9-10-20(27)22-12-19(14-1-5-16(6-2-14)23(30)31)11-21(28(22)29)15-3-7-17(8-4-15)24(32)33/h1-13H,(H-2,30,31,32,33,34,35)/p+2. The zero-order chi connectivity index (χ0) is 24.9. The van der Waals surface area contributed by atoms with Crippen molar-refractivity contribution in [3.63, 3.8) is 0 Å². The molecule has 5 aromatic rings. The van der Waals surface area contributed by atoms with Crippen LogP contribution in [-0.4, -0.2) is 36.2 Å². The number of aromatic carboxylic acids is 3. The van der Waals surface area contributed by atoms with Gasteiger partial charge in [-0.05, 0) is 62.6 Å². The van der Waals surface area contributed by atoms with Crippen LogP contribution < -0.4 is 9.03 Å². The molecule has 35 heavy (non-hydrogen) atoms. The number of halogens is 1. The summed E-state index contributed by atoms with van der Waals surface area (Å²) in [5, 5.41) is 28.0. The van der Waals surface area contributed by atoms with Gasteiger partial charge in [-0.3, -0.25) is 0 Å². The van der Waals surface area contributed by atoms with Gasteiger partial charge in [-0.25, -0.2) is 14.4 Å². The highest BCUT2D eigenvalue weighted by Crippen LogP contribution is 2.27. The highest BCUT2D eigenvalue weighted by molar-refractivity contribution is 14.1. The summed E-state index contributed by atoms with van der Waals surface area (Å²) in [6.45, 7) is 0. The van der Waals surface area contributed by atoms with Crippen LogP contribution in [0.2, 0.25) is 0 Å². The fourth-order valence-electron chi connectivity index (χ4n) is 3.96. The SMILES string of the molecule is O=C(O)c1ccc(-c2cc(-c3ccc(C(=O)O)cc3)[n+]3c(c2)c2ccc(C(=O)O)c[n+]2n3I)cc1. The Morgan fingerprint density at radius 1 is 0.629 bits per heavy atom. The lowest BCUT2D eigenvalue weighted by atomic mass is 10.0. The van der Waals surface area contributed by atoms with Gasteiger partial charge in [0.25, 0.3) is 5.69 Å². The van der Waals surface area contributed by atoms with E-state index in [1.54, 1.807) is 37.9 Å². The van der Waals surface area contributed by atoms with Crippen LogP contribution in [0.3, 0.4) is 0 Å². The van der Waals surface area contributed by atoms with Crippen LogP contribution in [0, 0.1) is 0 Å². The topological polar surface area (TPSA) is 125 Å². The van der Waals surface area contributed by atoms with Gasteiger partial charge < -0.3 is 15.3 Å². The van der Waals surface area contributed by atoms with Crippen LogP contribution in [0.1, 0.15) is 31.1 Å². The molecular weight excluding hydrogens is 565 g/mol. The summed E-state index contributed by atoms with van der Waals surface area (Å²) in [6, 6.07) is 20.1. The molecule has 0 aliphatic rings. The first-order valence-corrected chi connectivity index (χ1v) is 11.2. The third-order valence-electron chi connectivity index (χ3n) is 5.71. The zero-order valence-corrected chi connectivity index (χ0v) is 19.9. The molecule has 10 heteroatoms. The minimum atomic E-state index is -1.05. The van der Waals surface area contributed by atoms with Crippen molar-refractivity contribution in [2.24, 2.45) is 0 Å². The minimum absolute atomic E-state index is 0.126. The molecule has 0 bridgehead atoms. The molecule has 3 heterocycles. The normalized spacial score (nSPS) is 11.1. The van der Waals surface area contributed by atoms with Gasteiger partial charge in [0.2, 0.25) is 29.1 Å². The van der Waals surface area contributed by atoms with Crippen molar-refractivity contribution in [3.05, 3.63) is 95.7 Å². The first-order chi connectivity index (χ1) is 16.7. The highest BCUT2D eigenvalue weighted by Gasteiger charge is 2.31. The van der Waals surface area contributed by atoms with Crippen molar-refractivity contribution >= 4 is 51.8 Å². The number of nitrogens with zero attached hydrogens (tertiary/aromatic N) is 3. The molecule has 3 aromatic heterocycles. The maximum Gasteiger partial charge on any atom is 0.341 e. The molecule has 9 nitrogen and oxygen atoms in total. The van der Waals surface area contributed by atoms with Crippen molar-refractivity contribution in [2.75, 3.05) is 0 Å². The first-order valence-electron chi connectivity index (χ1n) is 10.3. The average molecular weight is 581 g/mol. The molecule has 172 valence electrons. The lowest BCUT2D eigenvalue weighted by Crippen LogP contribution is -2.41. The number of carbonyl (C=O) groups is 3. The summed E-state index contributed by atoms with van der Waals surface area (Å²) in [7, 11) is 0. The van der Waals surface area contributed by atoms with Gasteiger partial charge in [0.05, 0.1) is 11.1 Å². The smallest absolute Gasteiger partial charge is 0.341 e. The lowest BCUT2D eigenvalue weighted by molar-refractivity contribution is -0.743. The Bertz CT molecular complexity index is 1670. The van der Waals surface area contributed by atoms with Crippen LogP contribution in [0.4, 0.5) is 0 Å². The number of hydrogen-bond donors (Lipinski definition) is 3. The molecule has 0 aliphatic heterocycles. The summed E-state index contributed by atoms with van der Waals surface area (Å²) in [4.78, 5) is 34.1. The largest absolute Gasteiger partial charge is 0.478 e. The molecule has 5 rings (SSSR count). The van der Waals surface area contributed by atoms with E-state index in [-0.39, 0.29) is 16.7 Å². The summed E-state index contributed by atoms with van der Waals surface area (Å²) < 4.78 is 5.35. The Labute approximate surface area is 211 Å². The van der Waals surface area contributed by atoms with E-state index >= 15 is 0 Å². The number of rotatable bonds is 5. The average Bonchev–Trinajstić information content (AvgIpc) is 3.15. The van der Waals surface area contributed by atoms with Gasteiger partial charge in [0, 0.05) is 23.8 Å². The fraction of sp³-hybridized carbons (Fsp3) is 0. The summed E-state index contributed by atoms with van der Waals surface area (Å²) in [5.74, 6) is -3.09. The molecule has 0 fully saturated rings. The van der Waals surface area contributed by atoms with E-state index in [1.807, 2.05) is 16.6 Å². The number of carboxylic acids is 3. The summed E-state index contributed by atoms with van der Waals surface area (Å²) in [5.41, 5.74) is 5.06. The van der Waals surface area contributed by atoms with E-state index in [9.17, 15) is 29.7 Å². The quantitative estimate of drug-likeness (QED) is 0.215. The Morgan fingerprint density at radius 2 is 1.14 bits per heavy atom. The molecule has 0 radical (unpaired) electrons. The molecule has 0 atom stereocenters. The van der Waals surface area contributed by atoms with Crippen molar-refractivity contribution in [2.45, 2.75) is 0 Å². The van der Waals surface area contributed by atoms with Crippen LogP contribution in [0.15, 0.2) is 79.0 Å². The van der Waals surface area contributed by atoms with Crippen molar-refractivity contribution in [3.8, 4) is 22.4 Å². The molecule has 0 saturated carbocycles. The number of pyridine rings is 2.